The molecule has 4 heteroatoms. The summed E-state index contributed by atoms with van der Waals surface area (Å²) in [6.45, 7) is 0.540. The SMILES string of the molecule is COc1ccc(CC(=O)c2ccccc2CCN)cc1Br. The van der Waals surface area contributed by atoms with Crippen molar-refractivity contribution in [1.82, 2.24) is 0 Å². The number of benzene rings is 2. The largest absolute Gasteiger partial charge is 0.496 e. The van der Waals surface area contributed by atoms with Crippen LogP contribution in [0.25, 0.3) is 0 Å². The average molecular weight is 348 g/mol. The molecule has 0 radical (unpaired) electrons. The third kappa shape index (κ3) is 3.93. The zero-order valence-electron chi connectivity index (χ0n) is 11.9. The zero-order chi connectivity index (χ0) is 15.2. The van der Waals surface area contributed by atoms with E-state index in [-0.39, 0.29) is 5.78 Å². The summed E-state index contributed by atoms with van der Waals surface area (Å²) in [5, 5.41) is 0. The van der Waals surface area contributed by atoms with Gasteiger partial charge in [-0.25, -0.2) is 0 Å². The first-order valence-corrected chi connectivity index (χ1v) is 7.58. The van der Waals surface area contributed by atoms with Crippen molar-refractivity contribution in [3.05, 3.63) is 63.6 Å². The third-order valence-electron chi connectivity index (χ3n) is 3.31. The highest BCUT2D eigenvalue weighted by Gasteiger charge is 2.12. The number of hydrogen-bond donors (Lipinski definition) is 1. The quantitative estimate of drug-likeness (QED) is 0.815. The number of hydrogen-bond acceptors (Lipinski definition) is 3. The van der Waals surface area contributed by atoms with Gasteiger partial charge in [0.05, 0.1) is 11.6 Å². The lowest BCUT2D eigenvalue weighted by Crippen LogP contribution is -2.10. The lowest BCUT2D eigenvalue weighted by Gasteiger charge is -2.09. The number of methoxy groups -OCH3 is 1. The van der Waals surface area contributed by atoms with Crippen LogP contribution in [0.4, 0.5) is 0 Å². The van der Waals surface area contributed by atoms with E-state index in [4.69, 9.17) is 10.5 Å². The van der Waals surface area contributed by atoms with Gasteiger partial charge in [0.15, 0.2) is 5.78 Å². The van der Waals surface area contributed by atoms with E-state index in [0.29, 0.717) is 19.4 Å². The molecular weight excluding hydrogens is 330 g/mol. The monoisotopic (exact) mass is 347 g/mol. The molecule has 3 nitrogen and oxygen atoms in total. The van der Waals surface area contributed by atoms with Crippen molar-refractivity contribution in [2.24, 2.45) is 5.73 Å². The zero-order valence-corrected chi connectivity index (χ0v) is 13.5. The second kappa shape index (κ2) is 7.38. The molecule has 0 spiro atoms. The van der Waals surface area contributed by atoms with Crippen LogP contribution in [0.15, 0.2) is 46.9 Å². The Labute approximate surface area is 133 Å². The van der Waals surface area contributed by atoms with Gasteiger partial charge in [-0.1, -0.05) is 30.3 Å². The van der Waals surface area contributed by atoms with E-state index in [1.54, 1.807) is 7.11 Å². The fourth-order valence-electron chi connectivity index (χ4n) is 2.27. The number of Topliss-reactive ketones (excluding diaryl/α,β-unsaturated/α-hetero) is 1. The highest BCUT2D eigenvalue weighted by Crippen LogP contribution is 2.26. The van der Waals surface area contributed by atoms with Crippen molar-refractivity contribution in [3.63, 3.8) is 0 Å². The second-order valence-corrected chi connectivity index (χ2v) is 5.62. The Morgan fingerprint density at radius 1 is 1.24 bits per heavy atom. The Hall–Kier alpha value is -1.65. The van der Waals surface area contributed by atoms with Crippen LogP contribution in [0.3, 0.4) is 0 Å². The van der Waals surface area contributed by atoms with Crippen molar-refractivity contribution in [2.45, 2.75) is 12.8 Å². The minimum atomic E-state index is 0.108. The van der Waals surface area contributed by atoms with Crippen molar-refractivity contribution < 1.29 is 9.53 Å². The van der Waals surface area contributed by atoms with Crippen molar-refractivity contribution >= 4 is 21.7 Å². The molecule has 2 rings (SSSR count). The van der Waals surface area contributed by atoms with Crippen LogP contribution in [-0.2, 0) is 12.8 Å². The van der Waals surface area contributed by atoms with E-state index in [1.165, 1.54) is 0 Å². The van der Waals surface area contributed by atoms with Crippen LogP contribution in [0, 0.1) is 0 Å². The van der Waals surface area contributed by atoms with Gasteiger partial charge in [-0.15, -0.1) is 0 Å². The van der Waals surface area contributed by atoms with Gasteiger partial charge < -0.3 is 10.5 Å². The minimum absolute atomic E-state index is 0.108. The van der Waals surface area contributed by atoms with E-state index in [2.05, 4.69) is 15.9 Å². The Bertz CT molecular complexity index is 640. The van der Waals surface area contributed by atoms with E-state index in [9.17, 15) is 4.79 Å². The Morgan fingerprint density at radius 2 is 2.00 bits per heavy atom. The van der Waals surface area contributed by atoms with Gasteiger partial charge in [0.1, 0.15) is 5.75 Å². The predicted molar refractivity (Wildman–Crippen MR) is 87.9 cm³/mol. The Balaban J connectivity index is 2.20. The summed E-state index contributed by atoms with van der Waals surface area (Å²) in [5.74, 6) is 0.867. The number of ether oxygens (including phenoxy) is 1. The Morgan fingerprint density at radius 3 is 2.67 bits per heavy atom. The topological polar surface area (TPSA) is 52.3 Å². The highest BCUT2D eigenvalue weighted by atomic mass is 79.9. The first-order chi connectivity index (χ1) is 10.2. The molecule has 0 aliphatic heterocycles. The standard InChI is InChI=1S/C17H18BrNO2/c1-21-17-7-6-12(10-15(17)18)11-16(20)14-5-3-2-4-13(14)8-9-19/h2-7,10H,8-9,11,19H2,1H3. The molecule has 110 valence electrons. The molecule has 0 heterocycles. The van der Waals surface area contributed by atoms with Gasteiger partial charge in [0, 0.05) is 12.0 Å². The summed E-state index contributed by atoms with van der Waals surface area (Å²) < 4.78 is 6.05. The molecule has 0 atom stereocenters. The summed E-state index contributed by atoms with van der Waals surface area (Å²) in [6.07, 6.45) is 1.08. The molecule has 0 aliphatic rings. The summed E-state index contributed by atoms with van der Waals surface area (Å²) in [4.78, 5) is 12.5. The van der Waals surface area contributed by atoms with E-state index >= 15 is 0 Å². The maximum absolute atomic E-state index is 12.5. The first kappa shape index (κ1) is 15.7. The van der Waals surface area contributed by atoms with E-state index in [1.807, 2.05) is 42.5 Å². The van der Waals surface area contributed by atoms with Crippen LogP contribution >= 0.6 is 15.9 Å². The fraction of sp³-hybridized carbons (Fsp3) is 0.235. The molecule has 0 saturated heterocycles. The van der Waals surface area contributed by atoms with E-state index < -0.39 is 0 Å². The summed E-state index contributed by atoms with van der Waals surface area (Å²) in [6, 6.07) is 13.3. The van der Waals surface area contributed by atoms with Gasteiger partial charge in [0.25, 0.3) is 0 Å². The predicted octanol–water partition coefficient (Wildman–Crippen LogP) is 3.38. The molecule has 0 amide bonds. The molecule has 0 saturated carbocycles. The Kier molecular flexibility index (Phi) is 5.53. The first-order valence-electron chi connectivity index (χ1n) is 6.79. The second-order valence-electron chi connectivity index (χ2n) is 4.76. The maximum atomic E-state index is 12.5. The smallest absolute Gasteiger partial charge is 0.167 e. The van der Waals surface area contributed by atoms with Crippen LogP contribution in [0.1, 0.15) is 21.5 Å². The molecule has 0 aromatic heterocycles. The summed E-state index contributed by atoms with van der Waals surface area (Å²) in [5.41, 5.74) is 8.33. The lowest BCUT2D eigenvalue weighted by molar-refractivity contribution is 0.0992. The molecule has 0 aliphatic carbocycles. The van der Waals surface area contributed by atoms with E-state index in [0.717, 1.165) is 26.9 Å². The molecule has 2 aromatic rings. The normalized spacial score (nSPS) is 10.4. The number of halogens is 1. The number of rotatable bonds is 6. The van der Waals surface area contributed by atoms with Crippen molar-refractivity contribution in [2.75, 3.05) is 13.7 Å². The number of ketones is 1. The molecule has 21 heavy (non-hydrogen) atoms. The highest BCUT2D eigenvalue weighted by molar-refractivity contribution is 9.10. The van der Waals surface area contributed by atoms with Gasteiger partial charge >= 0.3 is 0 Å². The van der Waals surface area contributed by atoms with Crippen molar-refractivity contribution in [1.29, 1.82) is 0 Å². The minimum Gasteiger partial charge on any atom is -0.496 e. The van der Waals surface area contributed by atoms with Crippen LogP contribution in [0.5, 0.6) is 5.75 Å². The van der Waals surface area contributed by atoms with Gasteiger partial charge in [-0.05, 0) is 52.2 Å². The maximum Gasteiger partial charge on any atom is 0.167 e. The fourth-order valence-corrected chi connectivity index (χ4v) is 2.85. The summed E-state index contributed by atoms with van der Waals surface area (Å²) >= 11 is 3.44. The molecule has 0 fully saturated rings. The van der Waals surface area contributed by atoms with Crippen LogP contribution in [0.2, 0.25) is 0 Å². The lowest BCUT2D eigenvalue weighted by atomic mass is 9.97. The van der Waals surface area contributed by atoms with Crippen LogP contribution < -0.4 is 10.5 Å². The number of carbonyl (C=O) groups excluding carboxylic acids is 1. The number of nitrogens with two attached hydrogens (primary N) is 1. The molecule has 2 N–H and O–H groups in total. The van der Waals surface area contributed by atoms with Crippen LogP contribution in [-0.4, -0.2) is 19.4 Å². The molecular formula is C17H18BrNO2. The van der Waals surface area contributed by atoms with Gasteiger partial charge in [-0.2, -0.15) is 0 Å². The van der Waals surface area contributed by atoms with Gasteiger partial charge in [0.2, 0.25) is 0 Å². The van der Waals surface area contributed by atoms with Gasteiger partial charge in [-0.3, -0.25) is 4.79 Å². The molecule has 2 aromatic carbocycles. The van der Waals surface area contributed by atoms with Crippen molar-refractivity contribution in [3.8, 4) is 5.75 Å². The third-order valence-corrected chi connectivity index (χ3v) is 3.93. The number of carbonyl (C=O) groups is 1. The average Bonchev–Trinajstić information content (AvgIpc) is 2.48. The molecule has 0 unspecified atom stereocenters. The molecule has 0 bridgehead atoms. The summed E-state index contributed by atoms with van der Waals surface area (Å²) in [7, 11) is 1.62.